The number of fused-ring (bicyclic) bond motifs is 1. The lowest BCUT2D eigenvalue weighted by Crippen LogP contribution is -2.21. The SMILES string of the molecule is Nc1ccc2ncn(Cc3cncc(Br)c3)c(=O)c2c1. The molecule has 0 fully saturated rings. The highest BCUT2D eigenvalue weighted by Gasteiger charge is 2.05. The van der Waals surface area contributed by atoms with Gasteiger partial charge < -0.3 is 5.73 Å². The number of aromatic nitrogens is 3. The molecular weight excluding hydrogens is 320 g/mol. The number of nitrogen functional groups attached to an aromatic ring is 1. The highest BCUT2D eigenvalue weighted by Crippen LogP contribution is 2.13. The third kappa shape index (κ3) is 2.42. The van der Waals surface area contributed by atoms with E-state index in [4.69, 9.17) is 5.73 Å². The Kier molecular flexibility index (Phi) is 3.23. The number of nitrogens with zero attached hydrogens (tertiary/aromatic N) is 3. The van der Waals surface area contributed by atoms with Crippen LogP contribution in [0.2, 0.25) is 0 Å². The molecule has 0 radical (unpaired) electrons. The standard InChI is InChI=1S/C14H11BrN4O/c15-10-3-9(5-17-6-10)7-19-8-18-13-2-1-11(16)4-12(13)14(19)20/h1-6,8H,7,16H2. The van der Waals surface area contributed by atoms with Crippen LogP contribution in [0.4, 0.5) is 5.69 Å². The summed E-state index contributed by atoms with van der Waals surface area (Å²) in [6.07, 6.45) is 4.97. The first-order valence-corrected chi connectivity index (χ1v) is 6.77. The Bertz CT molecular complexity index is 844. The molecule has 2 aromatic heterocycles. The van der Waals surface area contributed by atoms with Gasteiger partial charge >= 0.3 is 0 Å². The van der Waals surface area contributed by atoms with Crippen molar-refractivity contribution in [3.8, 4) is 0 Å². The van der Waals surface area contributed by atoms with E-state index in [1.54, 1.807) is 41.5 Å². The number of anilines is 1. The molecule has 0 spiro atoms. The lowest BCUT2D eigenvalue weighted by molar-refractivity contribution is 0.745. The molecule has 0 aliphatic heterocycles. The first-order chi connectivity index (χ1) is 9.63. The molecule has 5 nitrogen and oxygen atoms in total. The minimum atomic E-state index is -0.109. The van der Waals surface area contributed by atoms with Crippen molar-refractivity contribution in [3.63, 3.8) is 0 Å². The van der Waals surface area contributed by atoms with Crippen LogP contribution in [0.3, 0.4) is 0 Å². The Morgan fingerprint density at radius 2 is 2.10 bits per heavy atom. The molecule has 0 saturated heterocycles. The van der Waals surface area contributed by atoms with Crippen molar-refractivity contribution in [2.24, 2.45) is 0 Å². The zero-order valence-electron chi connectivity index (χ0n) is 10.5. The smallest absolute Gasteiger partial charge is 0.261 e. The predicted molar refractivity (Wildman–Crippen MR) is 81.5 cm³/mol. The molecule has 0 amide bonds. The van der Waals surface area contributed by atoms with Crippen LogP contribution in [-0.2, 0) is 6.54 Å². The van der Waals surface area contributed by atoms with Crippen LogP contribution in [0, 0.1) is 0 Å². The Morgan fingerprint density at radius 1 is 1.25 bits per heavy atom. The van der Waals surface area contributed by atoms with E-state index >= 15 is 0 Å². The summed E-state index contributed by atoms with van der Waals surface area (Å²) in [6.45, 7) is 0.420. The fourth-order valence-corrected chi connectivity index (χ4v) is 2.44. The van der Waals surface area contributed by atoms with Gasteiger partial charge in [0.25, 0.3) is 5.56 Å². The quantitative estimate of drug-likeness (QED) is 0.731. The number of hydrogen-bond donors (Lipinski definition) is 1. The van der Waals surface area contributed by atoms with Crippen LogP contribution in [0.25, 0.3) is 10.9 Å². The van der Waals surface area contributed by atoms with Gasteiger partial charge in [-0.15, -0.1) is 0 Å². The zero-order valence-corrected chi connectivity index (χ0v) is 12.0. The lowest BCUT2D eigenvalue weighted by atomic mass is 10.2. The highest BCUT2D eigenvalue weighted by atomic mass is 79.9. The van der Waals surface area contributed by atoms with Crippen LogP contribution < -0.4 is 11.3 Å². The van der Waals surface area contributed by atoms with Crippen molar-refractivity contribution in [1.82, 2.24) is 14.5 Å². The summed E-state index contributed by atoms with van der Waals surface area (Å²) in [5.74, 6) is 0. The van der Waals surface area contributed by atoms with E-state index in [9.17, 15) is 4.79 Å². The molecule has 2 N–H and O–H groups in total. The predicted octanol–water partition coefficient (Wildman–Crippen LogP) is 2.18. The number of nitrogens with two attached hydrogens (primary N) is 1. The van der Waals surface area contributed by atoms with Crippen molar-refractivity contribution in [2.45, 2.75) is 6.54 Å². The van der Waals surface area contributed by atoms with Gasteiger partial charge in [0, 0.05) is 22.6 Å². The van der Waals surface area contributed by atoms with Gasteiger partial charge in [0.1, 0.15) is 0 Å². The molecule has 1 aromatic carbocycles. The average Bonchev–Trinajstić information content (AvgIpc) is 2.43. The summed E-state index contributed by atoms with van der Waals surface area (Å²) in [5, 5.41) is 0.524. The van der Waals surface area contributed by atoms with E-state index in [1.165, 1.54) is 0 Å². The summed E-state index contributed by atoms with van der Waals surface area (Å²) >= 11 is 3.36. The van der Waals surface area contributed by atoms with E-state index in [0.29, 0.717) is 23.1 Å². The number of hydrogen-bond acceptors (Lipinski definition) is 4. The van der Waals surface area contributed by atoms with Gasteiger partial charge in [0.15, 0.2) is 0 Å². The second kappa shape index (κ2) is 5.05. The van der Waals surface area contributed by atoms with Gasteiger partial charge in [-0.3, -0.25) is 14.3 Å². The summed E-state index contributed by atoms with van der Waals surface area (Å²) < 4.78 is 2.42. The van der Waals surface area contributed by atoms with Crippen LogP contribution >= 0.6 is 15.9 Å². The second-order valence-corrected chi connectivity index (χ2v) is 5.38. The van der Waals surface area contributed by atoms with Gasteiger partial charge in [-0.05, 0) is 45.8 Å². The number of halogens is 1. The molecule has 0 atom stereocenters. The topological polar surface area (TPSA) is 73.8 Å². The monoisotopic (exact) mass is 330 g/mol. The maximum absolute atomic E-state index is 12.4. The molecule has 0 aliphatic carbocycles. The number of pyridine rings is 1. The van der Waals surface area contributed by atoms with Gasteiger partial charge in [0.2, 0.25) is 0 Å². The van der Waals surface area contributed by atoms with Crippen molar-refractivity contribution in [2.75, 3.05) is 5.73 Å². The van der Waals surface area contributed by atoms with Crippen molar-refractivity contribution in [1.29, 1.82) is 0 Å². The summed E-state index contributed by atoms with van der Waals surface area (Å²) in [6, 6.07) is 7.05. The highest BCUT2D eigenvalue weighted by molar-refractivity contribution is 9.10. The minimum absolute atomic E-state index is 0.109. The Balaban J connectivity index is 2.08. The fourth-order valence-electron chi connectivity index (χ4n) is 2.03. The largest absolute Gasteiger partial charge is 0.399 e. The molecule has 2 heterocycles. The second-order valence-electron chi connectivity index (χ2n) is 4.47. The first kappa shape index (κ1) is 12.8. The van der Waals surface area contributed by atoms with Crippen LogP contribution in [-0.4, -0.2) is 14.5 Å². The molecule has 0 bridgehead atoms. The van der Waals surface area contributed by atoms with Crippen molar-refractivity contribution in [3.05, 3.63) is 63.4 Å². The van der Waals surface area contributed by atoms with Crippen LogP contribution in [0.15, 0.2) is 52.3 Å². The first-order valence-electron chi connectivity index (χ1n) is 5.97. The average molecular weight is 331 g/mol. The molecule has 0 aliphatic rings. The molecule has 6 heteroatoms. The molecule has 100 valence electrons. The molecular formula is C14H11BrN4O. The fraction of sp³-hybridized carbons (Fsp3) is 0.0714. The maximum atomic E-state index is 12.4. The molecule has 0 saturated carbocycles. The van der Waals surface area contributed by atoms with Gasteiger partial charge in [-0.25, -0.2) is 4.98 Å². The van der Waals surface area contributed by atoms with E-state index < -0.39 is 0 Å². The maximum Gasteiger partial charge on any atom is 0.261 e. The van der Waals surface area contributed by atoms with Crippen molar-refractivity contribution < 1.29 is 0 Å². The van der Waals surface area contributed by atoms with Crippen LogP contribution in [0.5, 0.6) is 0 Å². The van der Waals surface area contributed by atoms with Gasteiger partial charge in [-0.2, -0.15) is 0 Å². The van der Waals surface area contributed by atoms with Crippen LogP contribution in [0.1, 0.15) is 5.56 Å². The minimum Gasteiger partial charge on any atom is -0.399 e. The third-order valence-electron chi connectivity index (χ3n) is 2.96. The summed E-state index contributed by atoms with van der Waals surface area (Å²) in [5.41, 5.74) is 7.74. The zero-order chi connectivity index (χ0) is 14.1. The third-order valence-corrected chi connectivity index (χ3v) is 3.40. The van der Waals surface area contributed by atoms with Gasteiger partial charge in [0.05, 0.1) is 23.8 Å². The Labute approximate surface area is 123 Å². The van der Waals surface area contributed by atoms with E-state index in [0.717, 1.165) is 10.0 Å². The molecule has 3 aromatic rings. The molecule has 3 rings (SSSR count). The van der Waals surface area contributed by atoms with E-state index in [2.05, 4.69) is 25.9 Å². The number of benzene rings is 1. The lowest BCUT2D eigenvalue weighted by Gasteiger charge is -2.07. The Hall–Kier alpha value is -2.21. The molecule has 20 heavy (non-hydrogen) atoms. The molecule has 0 unspecified atom stereocenters. The normalized spacial score (nSPS) is 10.8. The van der Waals surface area contributed by atoms with E-state index in [-0.39, 0.29) is 5.56 Å². The number of rotatable bonds is 2. The van der Waals surface area contributed by atoms with Gasteiger partial charge in [-0.1, -0.05) is 0 Å². The van der Waals surface area contributed by atoms with Crippen molar-refractivity contribution >= 4 is 32.5 Å². The van der Waals surface area contributed by atoms with E-state index in [1.807, 2.05) is 6.07 Å². The summed E-state index contributed by atoms with van der Waals surface area (Å²) in [7, 11) is 0. The summed E-state index contributed by atoms with van der Waals surface area (Å²) in [4.78, 5) is 20.8. The Morgan fingerprint density at radius 3 is 2.90 bits per heavy atom.